The van der Waals surface area contributed by atoms with Gasteiger partial charge in [0, 0.05) is 32.6 Å². The average Bonchev–Trinajstić information content (AvgIpc) is 2.53. The van der Waals surface area contributed by atoms with Crippen molar-refractivity contribution in [3.63, 3.8) is 0 Å². The van der Waals surface area contributed by atoms with Crippen LogP contribution in [0.2, 0.25) is 0 Å². The molecule has 2 rings (SSSR count). The van der Waals surface area contributed by atoms with E-state index in [2.05, 4.69) is 0 Å². The van der Waals surface area contributed by atoms with Gasteiger partial charge in [-0.05, 0) is 31.0 Å². The number of hydrogen-bond acceptors (Lipinski definition) is 4. The molecule has 0 aromatic heterocycles. The Balaban J connectivity index is 2.29. The van der Waals surface area contributed by atoms with Crippen LogP contribution in [0.1, 0.15) is 24.5 Å². The van der Waals surface area contributed by atoms with E-state index < -0.39 is 10.0 Å². The van der Waals surface area contributed by atoms with E-state index in [1.54, 1.807) is 11.0 Å². The van der Waals surface area contributed by atoms with Gasteiger partial charge in [0.15, 0.2) is 0 Å². The quantitative estimate of drug-likeness (QED) is 0.834. The van der Waals surface area contributed by atoms with Gasteiger partial charge in [0.25, 0.3) is 0 Å². The van der Waals surface area contributed by atoms with Crippen molar-refractivity contribution in [3.05, 3.63) is 23.3 Å². The predicted octanol–water partition coefficient (Wildman–Crippen LogP) is 1.55. The topological polar surface area (TPSA) is 66.9 Å². The van der Waals surface area contributed by atoms with E-state index in [1.165, 1.54) is 11.4 Å². The molecule has 0 unspecified atom stereocenters. The first-order valence-corrected chi connectivity index (χ1v) is 9.18. The third kappa shape index (κ3) is 3.50. The molecule has 1 aliphatic rings. The van der Waals surface area contributed by atoms with Gasteiger partial charge >= 0.3 is 0 Å². The fourth-order valence-corrected chi connectivity index (χ4v) is 4.64. The summed E-state index contributed by atoms with van der Waals surface area (Å²) in [6.07, 6.45) is 0.442. The van der Waals surface area contributed by atoms with Gasteiger partial charge in [-0.25, -0.2) is 8.42 Å². The van der Waals surface area contributed by atoms with Gasteiger partial charge in [0.1, 0.15) is 10.6 Å². The predicted molar refractivity (Wildman–Crippen MR) is 88.1 cm³/mol. The first-order valence-electron chi connectivity index (χ1n) is 7.74. The zero-order valence-electron chi connectivity index (χ0n) is 14.1. The van der Waals surface area contributed by atoms with Crippen LogP contribution in [0, 0.1) is 13.8 Å². The monoisotopic (exact) mass is 340 g/mol. The summed E-state index contributed by atoms with van der Waals surface area (Å²) in [5.41, 5.74) is 1.67. The molecule has 1 aliphatic heterocycles. The molecule has 1 fully saturated rings. The van der Waals surface area contributed by atoms with Gasteiger partial charge in [0.2, 0.25) is 15.9 Å². The number of sulfonamides is 1. The molecule has 0 radical (unpaired) electrons. The van der Waals surface area contributed by atoms with Crippen LogP contribution >= 0.6 is 0 Å². The van der Waals surface area contributed by atoms with Crippen LogP contribution in [0.5, 0.6) is 5.75 Å². The standard InChI is InChI=1S/C16H24N2O4S/c1-5-15(19)17-6-8-18(9-7-17)23(20,21)14-11-12(2)10-13(3)16(14)22-4/h10-11H,5-9H2,1-4H3. The van der Waals surface area contributed by atoms with Crippen LogP contribution in [-0.4, -0.2) is 56.8 Å². The van der Waals surface area contributed by atoms with Crippen molar-refractivity contribution in [2.24, 2.45) is 0 Å². The molecule has 1 aromatic carbocycles. The number of carbonyl (C=O) groups excluding carboxylic acids is 1. The van der Waals surface area contributed by atoms with E-state index in [0.29, 0.717) is 38.3 Å². The summed E-state index contributed by atoms with van der Waals surface area (Å²) >= 11 is 0. The summed E-state index contributed by atoms with van der Waals surface area (Å²) in [5.74, 6) is 0.452. The molecular formula is C16H24N2O4S. The lowest BCUT2D eigenvalue weighted by Crippen LogP contribution is -2.50. The number of carbonyl (C=O) groups is 1. The van der Waals surface area contributed by atoms with E-state index >= 15 is 0 Å². The third-order valence-corrected chi connectivity index (χ3v) is 6.00. The summed E-state index contributed by atoms with van der Waals surface area (Å²) < 4.78 is 32.7. The van der Waals surface area contributed by atoms with Crippen LogP contribution < -0.4 is 4.74 Å². The van der Waals surface area contributed by atoms with Crippen molar-refractivity contribution in [1.82, 2.24) is 9.21 Å². The number of aryl methyl sites for hydroxylation is 2. The number of rotatable bonds is 4. The Labute approximate surface area is 138 Å². The molecule has 0 spiro atoms. The smallest absolute Gasteiger partial charge is 0.246 e. The molecule has 23 heavy (non-hydrogen) atoms. The van der Waals surface area contributed by atoms with Gasteiger partial charge < -0.3 is 9.64 Å². The second-order valence-corrected chi connectivity index (χ2v) is 7.66. The average molecular weight is 340 g/mol. The summed E-state index contributed by atoms with van der Waals surface area (Å²) in [6.45, 7) is 6.99. The van der Waals surface area contributed by atoms with Crippen LogP contribution in [0.25, 0.3) is 0 Å². The zero-order valence-corrected chi connectivity index (χ0v) is 14.9. The summed E-state index contributed by atoms with van der Waals surface area (Å²) in [7, 11) is -2.15. The van der Waals surface area contributed by atoms with Crippen molar-refractivity contribution in [3.8, 4) is 5.75 Å². The summed E-state index contributed by atoms with van der Waals surface area (Å²) in [5, 5.41) is 0. The van der Waals surface area contributed by atoms with Crippen molar-refractivity contribution >= 4 is 15.9 Å². The minimum absolute atomic E-state index is 0.0611. The van der Waals surface area contributed by atoms with E-state index in [4.69, 9.17) is 4.74 Å². The number of nitrogens with zero attached hydrogens (tertiary/aromatic N) is 2. The molecule has 0 aliphatic carbocycles. The maximum Gasteiger partial charge on any atom is 0.246 e. The Kier molecular flexibility index (Phi) is 5.31. The number of piperazine rings is 1. The lowest BCUT2D eigenvalue weighted by atomic mass is 10.1. The number of benzene rings is 1. The molecule has 1 heterocycles. The van der Waals surface area contributed by atoms with Crippen LogP contribution in [0.3, 0.4) is 0 Å². The SMILES string of the molecule is CCC(=O)N1CCN(S(=O)(=O)c2cc(C)cc(C)c2OC)CC1. The molecule has 6 nitrogen and oxygen atoms in total. The first-order chi connectivity index (χ1) is 10.8. The molecule has 0 N–H and O–H groups in total. The Morgan fingerprint density at radius 3 is 2.30 bits per heavy atom. The molecule has 0 bridgehead atoms. The van der Waals surface area contributed by atoms with Gasteiger partial charge in [-0.2, -0.15) is 4.31 Å². The number of ether oxygens (including phenoxy) is 1. The fraction of sp³-hybridized carbons (Fsp3) is 0.562. The van der Waals surface area contributed by atoms with Gasteiger partial charge in [-0.3, -0.25) is 4.79 Å². The Hall–Kier alpha value is -1.60. The second-order valence-electron chi connectivity index (χ2n) is 5.75. The van der Waals surface area contributed by atoms with Crippen molar-refractivity contribution < 1.29 is 17.9 Å². The largest absolute Gasteiger partial charge is 0.495 e. The highest BCUT2D eigenvalue weighted by Gasteiger charge is 2.32. The lowest BCUT2D eigenvalue weighted by Gasteiger charge is -2.34. The Morgan fingerprint density at radius 2 is 1.78 bits per heavy atom. The minimum atomic E-state index is -3.64. The fourth-order valence-electron chi connectivity index (χ4n) is 2.91. The molecule has 0 atom stereocenters. The Morgan fingerprint density at radius 1 is 1.17 bits per heavy atom. The first kappa shape index (κ1) is 17.7. The normalized spacial score (nSPS) is 16.4. The highest BCUT2D eigenvalue weighted by molar-refractivity contribution is 7.89. The number of hydrogen-bond donors (Lipinski definition) is 0. The molecule has 0 saturated carbocycles. The molecule has 1 amide bonds. The third-order valence-electron chi connectivity index (χ3n) is 4.10. The Bertz CT molecular complexity index is 692. The maximum absolute atomic E-state index is 13.0. The second kappa shape index (κ2) is 6.88. The van der Waals surface area contributed by atoms with Crippen LogP contribution in [-0.2, 0) is 14.8 Å². The van der Waals surface area contributed by atoms with Gasteiger partial charge in [-0.1, -0.05) is 13.0 Å². The molecule has 128 valence electrons. The molecule has 1 aromatic rings. The van der Waals surface area contributed by atoms with E-state index in [1.807, 2.05) is 26.8 Å². The molecule has 7 heteroatoms. The van der Waals surface area contributed by atoms with E-state index in [0.717, 1.165) is 11.1 Å². The number of amides is 1. The van der Waals surface area contributed by atoms with Crippen LogP contribution in [0.15, 0.2) is 17.0 Å². The summed E-state index contributed by atoms with van der Waals surface area (Å²) in [6, 6.07) is 3.54. The minimum Gasteiger partial charge on any atom is -0.495 e. The van der Waals surface area contributed by atoms with E-state index in [9.17, 15) is 13.2 Å². The highest BCUT2D eigenvalue weighted by atomic mass is 32.2. The summed E-state index contributed by atoms with van der Waals surface area (Å²) in [4.78, 5) is 13.6. The van der Waals surface area contributed by atoms with Crippen molar-refractivity contribution in [2.75, 3.05) is 33.3 Å². The van der Waals surface area contributed by atoms with Crippen molar-refractivity contribution in [2.45, 2.75) is 32.1 Å². The van der Waals surface area contributed by atoms with Gasteiger partial charge in [0.05, 0.1) is 7.11 Å². The zero-order chi connectivity index (χ0) is 17.2. The molecular weight excluding hydrogens is 316 g/mol. The number of methoxy groups -OCH3 is 1. The van der Waals surface area contributed by atoms with Gasteiger partial charge in [-0.15, -0.1) is 0 Å². The highest BCUT2D eigenvalue weighted by Crippen LogP contribution is 2.31. The van der Waals surface area contributed by atoms with Crippen LogP contribution in [0.4, 0.5) is 0 Å². The maximum atomic E-state index is 13.0. The lowest BCUT2D eigenvalue weighted by molar-refractivity contribution is -0.132. The van der Waals surface area contributed by atoms with E-state index in [-0.39, 0.29) is 10.8 Å². The molecule has 1 saturated heterocycles. The van der Waals surface area contributed by atoms with Crippen molar-refractivity contribution in [1.29, 1.82) is 0 Å².